The molecule has 0 fully saturated rings. The van der Waals surface area contributed by atoms with Crippen LogP contribution in [0.25, 0.3) is 28.7 Å². The Labute approximate surface area is 192 Å². The molecule has 172 valence electrons. The molecule has 6 nitrogen and oxygen atoms in total. The van der Waals surface area contributed by atoms with E-state index in [1.807, 2.05) is 44.2 Å². The standard InChI is InChI=1S/C26H27FN2O4/c1-16(2)24-22(13-12-20(30)14-21(31)15-23(32)33)25(17-8-10-19(27)11-9-17)29-26(28-24)18-6-4-3-5-7-18/h3-13,16,20-21,30-31H,14-15H2,1-2H3,(H,32,33)/b13-12+. The van der Waals surface area contributed by atoms with Crippen molar-refractivity contribution in [2.24, 2.45) is 0 Å². The molecular formula is C26H27FN2O4. The van der Waals surface area contributed by atoms with E-state index < -0.39 is 24.6 Å². The smallest absolute Gasteiger partial charge is 0.305 e. The minimum Gasteiger partial charge on any atom is -0.481 e. The second-order valence-corrected chi connectivity index (χ2v) is 8.14. The number of nitrogens with zero attached hydrogens (tertiary/aromatic N) is 2. The Morgan fingerprint density at radius 2 is 1.67 bits per heavy atom. The second kappa shape index (κ2) is 10.9. The van der Waals surface area contributed by atoms with Crippen LogP contribution < -0.4 is 0 Å². The third kappa shape index (κ3) is 6.54. The van der Waals surface area contributed by atoms with E-state index in [1.165, 1.54) is 18.2 Å². The van der Waals surface area contributed by atoms with E-state index in [-0.39, 0.29) is 18.2 Å². The van der Waals surface area contributed by atoms with E-state index in [9.17, 15) is 19.4 Å². The third-order valence-corrected chi connectivity index (χ3v) is 5.08. The fourth-order valence-electron chi connectivity index (χ4n) is 3.48. The van der Waals surface area contributed by atoms with Gasteiger partial charge in [-0.05, 0) is 30.2 Å². The van der Waals surface area contributed by atoms with Crippen molar-refractivity contribution in [1.82, 2.24) is 9.97 Å². The van der Waals surface area contributed by atoms with E-state index >= 15 is 0 Å². The molecule has 0 saturated heterocycles. The van der Waals surface area contributed by atoms with Crippen molar-refractivity contribution in [2.75, 3.05) is 0 Å². The summed E-state index contributed by atoms with van der Waals surface area (Å²) in [7, 11) is 0. The van der Waals surface area contributed by atoms with Crippen LogP contribution in [-0.4, -0.2) is 43.5 Å². The number of benzene rings is 2. The van der Waals surface area contributed by atoms with E-state index in [4.69, 9.17) is 15.1 Å². The molecule has 2 atom stereocenters. The highest BCUT2D eigenvalue weighted by atomic mass is 19.1. The number of hydrogen-bond donors (Lipinski definition) is 3. The zero-order valence-corrected chi connectivity index (χ0v) is 18.5. The summed E-state index contributed by atoms with van der Waals surface area (Å²) in [5.74, 6) is -0.943. The number of aliphatic hydroxyl groups excluding tert-OH is 2. The Bertz CT molecular complexity index is 1120. The van der Waals surface area contributed by atoms with Gasteiger partial charge in [0, 0.05) is 23.1 Å². The average Bonchev–Trinajstić information content (AvgIpc) is 2.77. The summed E-state index contributed by atoms with van der Waals surface area (Å²) in [4.78, 5) is 20.3. The van der Waals surface area contributed by atoms with Crippen molar-refractivity contribution in [3.05, 3.63) is 77.7 Å². The molecule has 0 aliphatic heterocycles. The van der Waals surface area contributed by atoms with Crippen molar-refractivity contribution in [2.45, 2.75) is 44.8 Å². The van der Waals surface area contributed by atoms with Crippen LogP contribution in [0.3, 0.4) is 0 Å². The van der Waals surface area contributed by atoms with Gasteiger partial charge in [0.15, 0.2) is 5.82 Å². The summed E-state index contributed by atoms with van der Waals surface area (Å²) < 4.78 is 13.6. The van der Waals surface area contributed by atoms with Crippen molar-refractivity contribution in [3.8, 4) is 22.6 Å². The molecule has 0 bridgehead atoms. The summed E-state index contributed by atoms with van der Waals surface area (Å²) in [6, 6.07) is 15.5. The molecule has 3 N–H and O–H groups in total. The molecule has 0 amide bonds. The van der Waals surface area contributed by atoms with E-state index in [0.29, 0.717) is 22.6 Å². The molecule has 1 aromatic heterocycles. The molecule has 33 heavy (non-hydrogen) atoms. The Morgan fingerprint density at radius 1 is 1.00 bits per heavy atom. The SMILES string of the molecule is CC(C)c1nc(-c2ccccc2)nc(-c2ccc(F)cc2)c1/C=C/C(O)CC(O)CC(=O)O. The Morgan fingerprint density at radius 3 is 2.27 bits per heavy atom. The molecule has 3 rings (SSSR count). The normalized spacial score (nSPS) is 13.4. The van der Waals surface area contributed by atoms with E-state index in [0.717, 1.165) is 11.3 Å². The highest BCUT2D eigenvalue weighted by molar-refractivity contribution is 5.76. The number of carboxylic acid groups (broad SMARTS) is 1. The minimum atomic E-state index is -1.17. The molecule has 0 aliphatic carbocycles. The van der Waals surface area contributed by atoms with Crippen LogP contribution >= 0.6 is 0 Å². The first kappa shape index (κ1) is 24.2. The van der Waals surface area contributed by atoms with Gasteiger partial charge in [-0.2, -0.15) is 0 Å². The Hall–Kier alpha value is -3.42. The molecule has 0 saturated carbocycles. The van der Waals surface area contributed by atoms with Crippen LogP contribution in [0.4, 0.5) is 4.39 Å². The monoisotopic (exact) mass is 450 g/mol. The van der Waals surface area contributed by atoms with Crippen molar-refractivity contribution >= 4 is 12.0 Å². The lowest BCUT2D eigenvalue weighted by atomic mass is 9.96. The maximum absolute atomic E-state index is 13.6. The number of carboxylic acids is 1. The van der Waals surface area contributed by atoms with Crippen LogP contribution in [0.1, 0.15) is 43.9 Å². The number of hydrogen-bond acceptors (Lipinski definition) is 5. The summed E-state index contributed by atoms with van der Waals surface area (Å²) >= 11 is 0. The molecule has 2 aromatic carbocycles. The molecule has 3 aromatic rings. The topological polar surface area (TPSA) is 104 Å². The fraction of sp³-hybridized carbons (Fsp3) is 0.269. The van der Waals surface area contributed by atoms with Gasteiger partial charge >= 0.3 is 5.97 Å². The largest absolute Gasteiger partial charge is 0.481 e. The summed E-state index contributed by atoms with van der Waals surface area (Å²) in [5, 5.41) is 28.9. The quantitative estimate of drug-likeness (QED) is 0.438. The van der Waals surface area contributed by atoms with Crippen LogP contribution in [-0.2, 0) is 4.79 Å². The second-order valence-electron chi connectivity index (χ2n) is 8.14. The first-order chi connectivity index (χ1) is 15.7. The molecule has 0 radical (unpaired) electrons. The van der Waals surface area contributed by atoms with Crippen molar-refractivity contribution in [1.29, 1.82) is 0 Å². The number of aliphatic carboxylic acids is 1. The Balaban J connectivity index is 2.08. The molecule has 1 heterocycles. The van der Waals surface area contributed by atoms with Gasteiger partial charge in [-0.1, -0.05) is 56.3 Å². The summed E-state index contributed by atoms with van der Waals surface area (Å²) in [6.07, 6.45) is 0.382. The molecule has 0 aliphatic rings. The molecule has 0 spiro atoms. The first-order valence-corrected chi connectivity index (χ1v) is 10.7. The Kier molecular flexibility index (Phi) is 8.03. The number of halogens is 1. The highest BCUT2D eigenvalue weighted by Gasteiger charge is 2.19. The van der Waals surface area contributed by atoms with E-state index in [1.54, 1.807) is 18.2 Å². The van der Waals surface area contributed by atoms with Gasteiger partial charge in [0.05, 0.1) is 30.0 Å². The third-order valence-electron chi connectivity index (χ3n) is 5.08. The maximum Gasteiger partial charge on any atom is 0.305 e. The summed E-state index contributed by atoms with van der Waals surface area (Å²) in [5.41, 5.74) is 3.54. The molecule has 2 unspecified atom stereocenters. The van der Waals surface area contributed by atoms with Gasteiger partial charge in [0.25, 0.3) is 0 Å². The van der Waals surface area contributed by atoms with Crippen molar-refractivity contribution in [3.63, 3.8) is 0 Å². The van der Waals surface area contributed by atoms with Gasteiger partial charge in [0.2, 0.25) is 0 Å². The van der Waals surface area contributed by atoms with E-state index in [2.05, 4.69) is 0 Å². The lowest BCUT2D eigenvalue weighted by Gasteiger charge is -2.17. The minimum absolute atomic E-state index is 0.0176. The maximum atomic E-state index is 13.6. The van der Waals surface area contributed by atoms with Gasteiger partial charge in [-0.3, -0.25) is 4.79 Å². The highest BCUT2D eigenvalue weighted by Crippen LogP contribution is 2.32. The number of aromatic nitrogens is 2. The number of carbonyl (C=O) groups is 1. The summed E-state index contributed by atoms with van der Waals surface area (Å²) in [6.45, 7) is 3.99. The zero-order valence-electron chi connectivity index (χ0n) is 18.5. The van der Waals surface area contributed by atoms with Gasteiger partial charge in [-0.25, -0.2) is 14.4 Å². The number of rotatable bonds is 9. The lowest BCUT2D eigenvalue weighted by molar-refractivity contribution is -0.139. The van der Waals surface area contributed by atoms with Crippen LogP contribution in [0.5, 0.6) is 0 Å². The molecular weight excluding hydrogens is 423 g/mol. The molecule has 7 heteroatoms. The average molecular weight is 451 g/mol. The van der Waals surface area contributed by atoms with Gasteiger partial charge in [0.1, 0.15) is 5.82 Å². The zero-order chi connectivity index (χ0) is 24.0. The predicted octanol–water partition coefficient (Wildman–Crippen LogP) is 4.67. The number of aliphatic hydroxyl groups is 2. The first-order valence-electron chi connectivity index (χ1n) is 10.7. The van der Waals surface area contributed by atoms with Crippen molar-refractivity contribution < 1.29 is 24.5 Å². The van der Waals surface area contributed by atoms with Gasteiger partial charge in [-0.15, -0.1) is 0 Å². The lowest BCUT2D eigenvalue weighted by Crippen LogP contribution is -2.19. The van der Waals surface area contributed by atoms with Crippen LogP contribution in [0.15, 0.2) is 60.7 Å². The van der Waals surface area contributed by atoms with Gasteiger partial charge < -0.3 is 15.3 Å². The fourth-order valence-corrected chi connectivity index (χ4v) is 3.48. The van der Waals surface area contributed by atoms with Crippen LogP contribution in [0.2, 0.25) is 0 Å². The van der Waals surface area contributed by atoms with Crippen LogP contribution in [0, 0.1) is 5.82 Å². The predicted molar refractivity (Wildman–Crippen MR) is 125 cm³/mol.